The Bertz CT molecular complexity index is 1000. The lowest BCUT2D eigenvalue weighted by atomic mass is 9.87. The van der Waals surface area contributed by atoms with E-state index in [1.165, 1.54) is 0 Å². The predicted molar refractivity (Wildman–Crippen MR) is 127 cm³/mol. The summed E-state index contributed by atoms with van der Waals surface area (Å²) in [6.07, 6.45) is 0.329. The molecule has 0 amide bonds. The molecule has 9 nitrogen and oxygen atoms in total. The average molecular weight is 487 g/mol. The first kappa shape index (κ1) is 25.7. The Morgan fingerprint density at radius 3 is 1.80 bits per heavy atom. The van der Waals surface area contributed by atoms with E-state index in [2.05, 4.69) is 5.11 Å². The molecule has 190 valence electrons. The molecule has 2 aliphatic rings. The van der Waals surface area contributed by atoms with Gasteiger partial charge in [-0.25, -0.2) is 0 Å². The standard InChI is InChI=1S/C26H34N2O7/c1-3-25(13-29)15-32-23(33-16-25)19-7-5-9-21(11-19)27-28(31)22-10-6-8-20(12-22)24-34-17-26(4-2,14-30)18-35-24/h5-12,23-24,29-30H,3-4,13-18H2,1-2H3. The highest BCUT2D eigenvalue weighted by Crippen LogP contribution is 2.36. The van der Waals surface area contributed by atoms with Gasteiger partial charge in [-0.1, -0.05) is 43.0 Å². The number of aliphatic hydroxyl groups excluding tert-OH is 2. The molecule has 0 saturated carbocycles. The Balaban J connectivity index is 1.45. The summed E-state index contributed by atoms with van der Waals surface area (Å²) in [6.45, 7) is 5.57. The van der Waals surface area contributed by atoms with E-state index < -0.39 is 12.6 Å². The van der Waals surface area contributed by atoms with Crippen LogP contribution in [-0.2, 0) is 18.9 Å². The van der Waals surface area contributed by atoms with Crippen molar-refractivity contribution in [3.05, 3.63) is 64.9 Å². The summed E-state index contributed by atoms with van der Waals surface area (Å²) in [7, 11) is 0. The van der Waals surface area contributed by atoms with Gasteiger partial charge >= 0.3 is 0 Å². The maximum atomic E-state index is 12.8. The summed E-state index contributed by atoms with van der Waals surface area (Å²) in [5, 5.41) is 36.3. The lowest BCUT2D eigenvalue weighted by Crippen LogP contribution is -2.41. The van der Waals surface area contributed by atoms with Crippen LogP contribution in [0.3, 0.4) is 0 Å². The molecule has 2 N–H and O–H groups in total. The highest BCUT2D eigenvalue weighted by Gasteiger charge is 2.36. The fraction of sp³-hybridized carbons (Fsp3) is 0.538. The van der Waals surface area contributed by atoms with Crippen LogP contribution in [0.1, 0.15) is 50.4 Å². The number of rotatable bonds is 8. The normalized spacial score (nSPS) is 29.8. The van der Waals surface area contributed by atoms with Gasteiger partial charge in [-0.2, -0.15) is 0 Å². The van der Waals surface area contributed by atoms with Crippen LogP contribution in [0.4, 0.5) is 11.4 Å². The van der Waals surface area contributed by atoms with Crippen molar-refractivity contribution in [2.45, 2.75) is 39.3 Å². The summed E-state index contributed by atoms with van der Waals surface area (Å²) in [5.41, 5.74) is 1.50. The van der Waals surface area contributed by atoms with Crippen molar-refractivity contribution >= 4 is 11.4 Å². The van der Waals surface area contributed by atoms with E-state index in [0.717, 1.165) is 18.4 Å². The maximum Gasteiger partial charge on any atom is 0.245 e. The number of azo groups is 1. The molecule has 0 spiro atoms. The first-order valence-electron chi connectivity index (χ1n) is 12.0. The van der Waals surface area contributed by atoms with Crippen molar-refractivity contribution in [1.82, 2.24) is 0 Å². The van der Waals surface area contributed by atoms with Crippen LogP contribution in [0.5, 0.6) is 0 Å². The Morgan fingerprint density at radius 1 is 0.829 bits per heavy atom. The van der Waals surface area contributed by atoms with Gasteiger partial charge in [-0.05, 0) is 25.0 Å². The van der Waals surface area contributed by atoms with Gasteiger partial charge in [0.05, 0.1) is 39.6 Å². The zero-order valence-corrected chi connectivity index (χ0v) is 20.3. The number of ether oxygens (including phenoxy) is 4. The minimum absolute atomic E-state index is 0.000386. The molecule has 2 aromatic rings. The van der Waals surface area contributed by atoms with Gasteiger partial charge in [0.25, 0.3) is 0 Å². The fourth-order valence-corrected chi connectivity index (χ4v) is 4.08. The topological polar surface area (TPSA) is 116 Å². The van der Waals surface area contributed by atoms with Crippen molar-refractivity contribution in [3.8, 4) is 0 Å². The van der Waals surface area contributed by atoms with Crippen LogP contribution >= 0.6 is 0 Å². The van der Waals surface area contributed by atoms with E-state index in [0.29, 0.717) is 48.2 Å². The van der Waals surface area contributed by atoms with Crippen LogP contribution in [-0.4, -0.2) is 54.7 Å². The van der Waals surface area contributed by atoms with Crippen molar-refractivity contribution in [1.29, 1.82) is 0 Å². The third-order valence-electron chi connectivity index (χ3n) is 7.05. The zero-order chi connectivity index (χ0) is 24.9. The van der Waals surface area contributed by atoms with E-state index in [9.17, 15) is 15.4 Å². The predicted octanol–water partition coefficient (Wildman–Crippen LogP) is 4.48. The second-order valence-electron chi connectivity index (χ2n) is 9.49. The lowest BCUT2D eigenvalue weighted by molar-refractivity contribution is -0.435. The fourth-order valence-electron chi connectivity index (χ4n) is 4.08. The molecule has 2 aliphatic heterocycles. The van der Waals surface area contributed by atoms with E-state index in [1.807, 2.05) is 26.0 Å². The zero-order valence-electron chi connectivity index (χ0n) is 20.3. The number of aliphatic hydroxyl groups is 2. The molecule has 0 bridgehead atoms. The first-order chi connectivity index (χ1) is 16.9. The first-order valence-corrected chi connectivity index (χ1v) is 12.0. The third kappa shape index (κ3) is 5.72. The summed E-state index contributed by atoms with van der Waals surface area (Å²) in [5.74, 6) is 0. The van der Waals surface area contributed by atoms with Crippen molar-refractivity contribution in [2.75, 3.05) is 39.6 Å². The van der Waals surface area contributed by atoms with Gasteiger partial charge in [-0.3, -0.25) is 0 Å². The van der Waals surface area contributed by atoms with Gasteiger partial charge in [0.2, 0.25) is 5.69 Å². The molecular weight excluding hydrogens is 452 g/mol. The maximum absolute atomic E-state index is 12.8. The highest BCUT2D eigenvalue weighted by molar-refractivity contribution is 5.40. The molecule has 2 aromatic carbocycles. The smallest absolute Gasteiger partial charge is 0.245 e. The quantitative estimate of drug-likeness (QED) is 0.321. The molecule has 2 heterocycles. The number of benzene rings is 2. The summed E-state index contributed by atoms with van der Waals surface area (Å²) in [6, 6.07) is 14.1. The molecular formula is C26H34N2O7. The Hall–Kier alpha value is -2.40. The molecule has 0 aliphatic carbocycles. The van der Waals surface area contributed by atoms with Gasteiger partial charge < -0.3 is 34.4 Å². The van der Waals surface area contributed by atoms with Crippen molar-refractivity contribution in [2.24, 2.45) is 15.9 Å². The minimum atomic E-state index is -0.604. The summed E-state index contributed by atoms with van der Waals surface area (Å²) < 4.78 is 23.4. The van der Waals surface area contributed by atoms with Crippen molar-refractivity contribution in [3.63, 3.8) is 0 Å². The van der Waals surface area contributed by atoms with Crippen molar-refractivity contribution < 1.29 is 34.0 Å². The van der Waals surface area contributed by atoms with Gasteiger partial charge in [0.1, 0.15) is 5.69 Å². The molecule has 9 heteroatoms. The molecule has 0 atom stereocenters. The Kier molecular flexibility index (Phi) is 8.16. The second-order valence-corrected chi connectivity index (χ2v) is 9.49. The van der Waals surface area contributed by atoms with Crippen LogP contribution in [0.25, 0.3) is 0 Å². The summed E-state index contributed by atoms with van der Waals surface area (Å²) in [4.78, 5) is 0.561. The monoisotopic (exact) mass is 486 g/mol. The van der Waals surface area contributed by atoms with E-state index in [4.69, 9.17) is 18.9 Å². The van der Waals surface area contributed by atoms with E-state index in [1.54, 1.807) is 36.4 Å². The van der Waals surface area contributed by atoms with Crippen LogP contribution in [0.2, 0.25) is 0 Å². The molecule has 2 saturated heterocycles. The van der Waals surface area contributed by atoms with Crippen LogP contribution in [0, 0.1) is 16.0 Å². The SMILES string of the molecule is CCC1(CO)COC(c2cccc(N=[N+]([O-])c3cccc(C4OCC(CC)(CO)CO4)c3)c2)OC1. The third-order valence-corrected chi connectivity index (χ3v) is 7.05. The Morgan fingerprint density at radius 2 is 1.31 bits per heavy atom. The lowest BCUT2D eigenvalue weighted by Gasteiger charge is -2.38. The van der Waals surface area contributed by atoms with E-state index in [-0.39, 0.29) is 24.0 Å². The highest BCUT2D eigenvalue weighted by atomic mass is 16.7. The number of hydrogen-bond acceptors (Lipinski definition) is 8. The molecule has 4 rings (SSSR count). The number of nitrogens with zero attached hydrogens (tertiary/aromatic N) is 2. The summed E-state index contributed by atoms with van der Waals surface area (Å²) >= 11 is 0. The Labute approximate surface area is 205 Å². The number of hydrogen-bond donors (Lipinski definition) is 2. The van der Waals surface area contributed by atoms with Crippen LogP contribution < -0.4 is 0 Å². The van der Waals surface area contributed by atoms with Gasteiger partial charge in [0.15, 0.2) is 12.6 Å². The minimum Gasteiger partial charge on any atom is -0.594 e. The molecule has 0 radical (unpaired) electrons. The molecule has 2 fully saturated rings. The van der Waals surface area contributed by atoms with Gasteiger partial charge in [-0.15, -0.1) is 0 Å². The van der Waals surface area contributed by atoms with Crippen LogP contribution in [0.15, 0.2) is 53.6 Å². The largest absolute Gasteiger partial charge is 0.594 e. The molecule has 0 aromatic heterocycles. The molecule has 0 unspecified atom stereocenters. The van der Waals surface area contributed by atoms with Gasteiger partial charge in [0, 0.05) is 39.2 Å². The van der Waals surface area contributed by atoms with E-state index >= 15 is 0 Å². The average Bonchev–Trinajstić information content (AvgIpc) is 2.93. The second kappa shape index (κ2) is 11.1. The molecule has 35 heavy (non-hydrogen) atoms.